The third-order valence-corrected chi connectivity index (χ3v) is 7.62. The lowest BCUT2D eigenvalue weighted by molar-refractivity contribution is -0.119. The number of nitrogens with zero attached hydrogens (tertiary/aromatic N) is 2. The van der Waals surface area contributed by atoms with Crippen LogP contribution in [-0.4, -0.2) is 46.9 Å². The Morgan fingerprint density at radius 2 is 1.89 bits per heavy atom. The highest BCUT2D eigenvalue weighted by atomic mass is 32.1. The molecule has 2 saturated carbocycles. The van der Waals surface area contributed by atoms with Gasteiger partial charge in [0.05, 0.1) is 11.6 Å². The third kappa shape index (κ3) is 4.35. The van der Waals surface area contributed by atoms with Crippen LogP contribution in [0.2, 0.25) is 0 Å². The SMILES string of the molecule is NC(=O)CN1CCC(c2nc(C(=O)NC3(C4CCCCC4)CC3)cs2)CC1. The van der Waals surface area contributed by atoms with Gasteiger partial charge in [0.2, 0.25) is 5.91 Å². The molecule has 1 saturated heterocycles. The highest BCUT2D eigenvalue weighted by molar-refractivity contribution is 7.09. The Kier molecular flexibility index (Phi) is 5.50. The van der Waals surface area contributed by atoms with Crippen LogP contribution >= 0.6 is 11.3 Å². The van der Waals surface area contributed by atoms with E-state index in [9.17, 15) is 9.59 Å². The molecule has 0 aromatic carbocycles. The molecule has 7 heteroatoms. The van der Waals surface area contributed by atoms with E-state index in [4.69, 9.17) is 5.73 Å². The van der Waals surface area contributed by atoms with Gasteiger partial charge in [0.15, 0.2) is 0 Å². The van der Waals surface area contributed by atoms with Crippen LogP contribution in [0, 0.1) is 5.92 Å². The number of rotatable bonds is 6. The van der Waals surface area contributed by atoms with Gasteiger partial charge in [0, 0.05) is 16.8 Å². The number of hydrogen-bond donors (Lipinski definition) is 2. The number of likely N-dealkylation sites (tertiary alicyclic amines) is 1. The summed E-state index contributed by atoms with van der Waals surface area (Å²) in [7, 11) is 0. The molecular formula is C20H30N4O2S. The first-order valence-corrected chi connectivity index (χ1v) is 11.2. The summed E-state index contributed by atoms with van der Waals surface area (Å²) in [5, 5.41) is 6.31. The molecule has 0 atom stereocenters. The van der Waals surface area contributed by atoms with Crippen molar-refractivity contribution in [1.82, 2.24) is 15.2 Å². The van der Waals surface area contributed by atoms with Crippen molar-refractivity contribution in [2.75, 3.05) is 19.6 Å². The molecule has 27 heavy (non-hydrogen) atoms. The molecule has 1 aromatic rings. The average Bonchev–Trinajstić information content (AvgIpc) is 3.27. The van der Waals surface area contributed by atoms with Crippen molar-refractivity contribution in [1.29, 1.82) is 0 Å². The molecule has 0 unspecified atom stereocenters. The van der Waals surface area contributed by atoms with Crippen molar-refractivity contribution in [3.63, 3.8) is 0 Å². The first-order chi connectivity index (χ1) is 13.1. The highest BCUT2D eigenvalue weighted by Crippen LogP contribution is 2.48. The summed E-state index contributed by atoms with van der Waals surface area (Å²) in [6.07, 6.45) is 10.6. The molecule has 1 aliphatic heterocycles. The van der Waals surface area contributed by atoms with Gasteiger partial charge >= 0.3 is 0 Å². The van der Waals surface area contributed by atoms with E-state index in [-0.39, 0.29) is 17.4 Å². The van der Waals surface area contributed by atoms with Crippen molar-refractivity contribution in [2.45, 2.75) is 69.2 Å². The number of hydrogen-bond acceptors (Lipinski definition) is 5. The molecule has 2 heterocycles. The number of piperidine rings is 1. The fourth-order valence-corrected chi connectivity index (χ4v) is 5.82. The molecular weight excluding hydrogens is 360 g/mol. The maximum Gasteiger partial charge on any atom is 0.271 e. The fourth-order valence-electron chi connectivity index (χ4n) is 4.85. The zero-order valence-electron chi connectivity index (χ0n) is 15.9. The summed E-state index contributed by atoms with van der Waals surface area (Å²) in [4.78, 5) is 30.6. The molecule has 0 spiro atoms. The van der Waals surface area contributed by atoms with Gasteiger partial charge in [0.1, 0.15) is 5.69 Å². The van der Waals surface area contributed by atoms with Crippen molar-refractivity contribution < 1.29 is 9.59 Å². The molecule has 4 rings (SSSR count). The number of aromatic nitrogens is 1. The number of nitrogens with two attached hydrogens (primary N) is 1. The highest BCUT2D eigenvalue weighted by Gasteiger charge is 2.50. The van der Waals surface area contributed by atoms with Gasteiger partial charge in [0.25, 0.3) is 5.91 Å². The Bertz CT molecular complexity index is 686. The Hall–Kier alpha value is -1.47. The zero-order valence-corrected chi connectivity index (χ0v) is 16.7. The molecule has 0 radical (unpaired) electrons. The summed E-state index contributed by atoms with van der Waals surface area (Å²) >= 11 is 1.60. The summed E-state index contributed by atoms with van der Waals surface area (Å²) in [5.74, 6) is 0.775. The average molecular weight is 391 g/mol. The Labute approximate surface area is 164 Å². The van der Waals surface area contributed by atoms with E-state index in [1.54, 1.807) is 11.3 Å². The summed E-state index contributed by atoms with van der Waals surface area (Å²) in [6, 6.07) is 0. The number of carbonyl (C=O) groups is 2. The standard InChI is InChI=1S/C20H30N4O2S/c21-17(25)12-24-10-6-14(7-11-24)19-22-16(13-27-19)18(26)23-20(8-9-20)15-4-2-1-3-5-15/h13-15H,1-12H2,(H2,21,25)(H,23,26). The lowest BCUT2D eigenvalue weighted by Gasteiger charge is -2.31. The van der Waals surface area contributed by atoms with E-state index in [1.165, 1.54) is 32.1 Å². The van der Waals surface area contributed by atoms with E-state index in [2.05, 4.69) is 15.2 Å². The minimum atomic E-state index is -0.270. The molecule has 0 bridgehead atoms. The molecule has 3 aliphatic rings. The van der Waals surface area contributed by atoms with Crippen molar-refractivity contribution in [2.24, 2.45) is 11.7 Å². The number of nitrogens with one attached hydrogen (secondary N) is 1. The van der Waals surface area contributed by atoms with Crippen molar-refractivity contribution in [3.8, 4) is 0 Å². The van der Waals surface area contributed by atoms with Gasteiger partial charge in [-0.05, 0) is 57.5 Å². The van der Waals surface area contributed by atoms with Gasteiger partial charge in [-0.15, -0.1) is 11.3 Å². The maximum atomic E-state index is 12.8. The van der Waals surface area contributed by atoms with Crippen LogP contribution < -0.4 is 11.1 Å². The number of amides is 2. The Balaban J connectivity index is 1.33. The van der Waals surface area contributed by atoms with E-state index >= 15 is 0 Å². The minimum absolute atomic E-state index is 0.00624. The van der Waals surface area contributed by atoms with Gasteiger partial charge in [-0.25, -0.2) is 4.98 Å². The Morgan fingerprint density at radius 3 is 2.52 bits per heavy atom. The smallest absolute Gasteiger partial charge is 0.271 e. The second-order valence-electron chi connectivity index (χ2n) is 8.53. The lowest BCUT2D eigenvalue weighted by atomic mass is 9.82. The zero-order chi connectivity index (χ0) is 18.9. The molecule has 2 amide bonds. The van der Waals surface area contributed by atoms with Gasteiger partial charge in [-0.2, -0.15) is 0 Å². The van der Waals surface area contributed by atoms with E-state index in [1.807, 2.05) is 5.38 Å². The quantitative estimate of drug-likeness (QED) is 0.782. The molecule has 6 nitrogen and oxygen atoms in total. The normalized spacial score (nSPS) is 23.9. The predicted molar refractivity (Wildman–Crippen MR) is 106 cm³/mol. The van der Waals surface area contributed by atoms with Gasteiger partial charge in [-0.3, -0.25) is 14.5 Å². The first kappa shape index (κ1) is 18.9. The second kappa shape index (κ2) is 7.87. The van der Waals surface area contributed by atoms with E-state index in [0.717, 1.165) is 43.8 Å². The maximum absolute atomic E-state index is 12.8. The van der Waals surface area contributed by atoms with Crippen LogP contribution in [0.5, 0.6) is 0 Å². The first-order valence-electron chi connectivity index (χ1n) is 10.3. The molecule has 2 aliphatic carbocycles. The van der Waals surface area contributed by atoms with Crippen molar-refractivity contribution >= 4 is 23.2 Å². The van der Waals surface area contributed by atoms with Gasteiger partial charge < -0.3 is 11.1 Å². The van der Waals surface area contributed by atoms with Crippen LogP contribution in [0.3, 0.4) is 0 Å². The van der Waals surface area contributed by atoms with Gasteiger partial charge in [-0.1, -0.05) is 19.3 Å². The monoisotopic (exact) mass is 390 g/mol. The lowest BCUT2D eigenvalue weighted by Crippen LogP contribution is -2.43. The molecule has 3 N–H and O–H groups in total. The molecule has 3 fully saturated rings. The van der Waals surface area contributed by atoms with Crippen LogP contribution in [0.15, 0.2) is 5.38 Å². The summed E-state index contributed by atoms with van der Waals surface area (Å²) < 4.78 is 0. The van der Waals surface area contributed by atoms with Crippen LogP contribution in [-0.2, 0) is 4.79 Å². The number of carbonyl (C=O) groups excluding carboxylic acids is 2. The number of thiazole rings is 1. The van der Waals surface area contributed by atoms with Crippen LogP contribution in [0.1, 0.15) is 79.2 Å². The Morgan fingerprint density at radius 1 is 1.19 bits per heavy atom. The van der Waals surface area contributed by atoms with E-state index < -0.39 is 0 Å². The minimum Gasteiger partial charge on any atom is -0.369 e. The fraction of sp³-hybridized carbons (Fsp3) is 0.750. The van der Waals surface area contributed by atoms with Crippen LogP contribution in [0.4, 0.5) is 0 Å². The molecule has 1 aromatic heterocycles. The largest absolute Gasteiger partial charge is 0.369 e. The second-order valence-corrected chi connectivity index (χ2v) is 9.42. The summed E-state index contributed by atoms with van der Waals surface area (Å²) in [5.41, 5.74) is 5.92. The summed E-state index contributed by atoms with van der Waals surface area (Å²) in [6.45, 7) is 2.06. The predicted octanol–water partition coefficient (Wildman–Crippen LogP) is 2.65. The number of primary amides is 1. The van der Waals surface area contributed by atoms with E-state index in [0.29, 0.717) is 24.1 Å². The molecule has 148 valence electrons. The topological polar surface area (TPSA) is 88.3 Å². The van der Waals surface area contributed by atoms with Crippen LogP contribution in [0.25, 0.3) is 0 Å². The van der Waals surface area contributed by atoms with Crippen molar-refractivity contribution in [3.05, 3.63) is 16.1 Å². The third-order valence-electron chi connectivity index (χ3n) is 6.61.